The lowest BCUT2D eigenvalue weighted by atomic mass is 9.79. The lowest BCUT2D eigenvalue weighted by Gasteiger charge is -2.43. The lowest BCUT2D eigenvalue weighted by molar-refractivity contribution is -0.162. The summed E-state index contributed by atoms with van der Waals surface area (Å²) in [7, 11) is 0. The van der Waals surface area contributed by atoms with Crippen LogP contribution in [-0.4, -0.2) is 68.1 Å². The molecule has 6 rings (SSSR count). The molecule has 10 nitrogen and oxygen atoms in total. The van der Waals surface area contributed by atoms with Gasteiger partial charge in [-0.3, -0.25) is 19.0 Å². The Morgan fingerprint density at radius 3 is 2.22 bits per heavy atom. The number of piperidine rings is 2. The largest absolute Gasteiger partial charge is 0.437 e. The Labute approximate surface area is 280 Å². The highest BCUT2D eigenvalue weighted by Gasteiger charge is 2.48. The van der Waals surface area contributed by atoms with E-state index in [0.29, 0.717) is 0 Å². The van der Waals surface area contributed by atoms with Crippen molar-refractivity contribution in [2.75, 3.05) is 31.9 Å². The van der Waals surface area contributed by atoms with Crippen molar-refractivity contribution in [1.29, 1.82) is 0 Å². The van der Waals surface area contributed by atoms with Gasteiger partial charge in [-0.2, -0.15) is 8.78 Å². The van der Waals surface area contributed by atoms with Crippen LogP contribution in [0.2, 0.25) is 0 Å². The van der Waals surface area contributed by atoms with Crippen LogP contribution in [-0.2, 0) is 22.1 Å². The van der Waals surface area contributed by atoms with Gasteiger partial charge in [0, 0.05) is 43.6 Å². The molecule has 1 aromatic heterocycles. The fourth-order valence-corrected chi connectivity index (χ4v) is 6.59. The molecule has 256 valence electrons. The summed E-state index contributed by atoms with van der Waals surface area (Å²) in [6.45, 7) is 0.232. The molecule has 3 aromatic carbocycles. The Hall–Kier alpha value is -5.17. The highest BCUT2D eigenvalue weighted by molar-refractivity contribution is 5.86. The summed E-state index contributed by atoms with van der Waals surface area (Å²) in [5, 5.41) is 11.4. The number of hydrogen-bond donors (Lipinski definition) is 2. The van der Waals surface area contributed by atoms with Crippen LogP contribution in [0, 0.1) is 11.7 Å². The third-order valence-electron chi connectivity index (χ3n) is 9.38. The van der Waals surface area contributed by atoms with E-state index in [1.807, 2.05) is 30.3 Å². The van der Waals surface area contributed by atoms with Gasteiger partial charge in [0.15, 0.2) is 5.69 Å². The molecule has 49 heavy (non-hydrogen) atoms. The van der Waals surface area contributed by atoms with Crippen molar-refractivity contribution in [2.45, 2.75) is 43.2 Å². The first-order chi connectivity index (χ1) is 23.4. The number of nitrogen functional groups attached to an aromatic ring is 1. The topological polar surface area (TPSA) is 131 Å². The Balaban J connectivity index is 1.12. The van der Waals surface area contributed by atoms with Crippen molar-refractivity contribution in [3.05, 3.63) is 119 Å². The maximum Gasteiger partial charge on any atom is 0.349 e. The molecule has 2 saturated heterocycles. The number of carbonyl (C=O) groups excluding carboxylic acids is 2. The summed E-state index contributed by atoms with van der Waals surface area (Å²) in [6.07, 6.45) is 1.74. The summed E-state index contributed by atoms with van der Waals surface area (Å²) in [5.74, 6) is -6.63. The molecule has 2 aliphatic rings. The van der Waals surface area contributed by atoms with Gasteiger partial charge in [0.1, 0.15) is 17.9 Å². The highest BCUT2D eigenvalue weighted by Crippen LogP contribution is 2.38. The van der Waals surface area contributed by atoms with Gasteiger partial charge in [-0.15, -0.1) is 0 Å². The second-order valence-electron chi connectivity index (χ2n) is 12.6. The number of rotatable bonds is 8. The number of carbonyl (C=O) groups is 2. The zero-order valence-corrected chi connectivity index (χ0v) is 26.6. The van der Waals surface area contributed by atoms with E-state index < -0.39 is 40.6 Å². The average molecular weight is 676 g/mol. The maximum atomic E-state index is 15.3. The molecule has 13 heteroatoms. The summed E-state index contributed by atoms with van der Waals surface area (Å²) in [5.41, 5.74) is 4.15. The van der Waals surface area contributed by atoms with Crippen LogP contribution >= 0.6 is 0 Å². The number of aliphatic hydroxyl groups is 1. The van der Waals surface area contributed by atoms with E-state index in [4.69, 9.17) is 10.5 Å². The first kappa shape index (κ1) is 33.7. The summed E-state index contributed by atoms with van der Waals surface area (Å²) in [6, 6.07) is 21.2. The van der Waals surface area contributed by atoms with Crippen LogP contribution in [0.25, 0.3) is 0 Å². The normalized spacial score (nSPS) is 19.3. The number of benzene rings is 3. The molecule has 2 amide bonds. The molecule has 0 radical (unpaired) electrons. The third-order valence-corrected chi connectivity index (χ3v) is 9.38. The minimum Gasteiger partial charge on any atom is -0.437 e. The molecule has 2 aliphatic heterocycles. The molecule has 2 fully saturated rings. The molecule has 0 bridgehead atoms. The number of likely N-dealkylation sites (tertiary alicyclic amines) is 2. The van der Waals surface area contributed by atoms with Crippen LogP contribution in [0.5, 0.6) is 11.6 Å². The molecule has 0 saturated carbocycles. The van der Waals surface area contributed by atoms with Gasteiger partial charge >= 0.3 is 5.92 Å². The Bertz CT molecular complexity index is 1850. The number of ether oxygens (including phenoxy) is 1. The number of hydrogen-bond acceptors (Lipinski definition) is 7. The van der Waals surface area contributed by atoms with E-state index in [0.717, 1.165) is 10.5 Å². The molecule has 4 aromatic rings. The van der Waals surface area contributed by atoms with Gasteiger partial charge in [-0.05, 0) is 49.1 Å². The lowest BCUT2D eigenvalue weighted by Crippen LogP contribution is -2.54. The van der Waals surface area contributed by atoms with Gasteiger partial charge < -0.3 is 25.4 Å². The van der Waals surface area contributed by atoms with Crippen LogP contribution in [0.15, 0.2) is 96.1 Å². The van der Waals surface area contributed by atoms with E-state index >= 15 is 8.78 Å². The Morgan fingerprint density at radius 2 is 1.57 bits per heavy atom. The monoisotopic (exact) mass is 675 g/mol. The van der Waals surface area contributed by atoms with Gasteiger partial charge in [0.2, 0.25) is 11.8 Å². The van der Waals surface area contributed by atoms with E-state index in [9.17, 15) is 23.9 Å². The van der Waals surface area contributed by atoms with Crippen LogP contribution in [0.4, 0.5) is 18.9 Å². The minimum absolute atomic E-state index is 0.00299. The highest BCUT2D eigenvalue weighted by atomic mass is 19.3. The predicted octanol–water partition coefficient (Wildman–Crippen LogP) is 4.53. The predicted molar refractivity (Wildman–Crippen MR) is 174 cm³/mol. The van der Waals surface area contributed by atoms with Gasteiger partial charge in [-0.25, -0.2) is 9.37 Å². The second kappa shape index (κ2) is 13.7. The minimum atomic E-state index is -3.71. The number of amides is 2. The standard InChI is InChI=1S/C36H36F3N5O5/c37-26-11-13-27(14-12-26)49-31-30(40)33(46)44(23-41-31)22-35(48)16-19-42(20-17-35)32(45)28-15-18-43(21-29(28)24-7-3-1-4-8-24)34(47)36(38,39)25-9-5-2-6-10-25/h1-14,23,28-29,48H,15-22,40H2/t28-,29+/m1/s1. The van der Waals surface area contributed by atoms with Crippen LogP contribution in [0.1, 0.15) is 36.3 Å². The third kappa shape index (κ3) is 7.16. The second-order valence-corrected chi connectivity index (χ2v) is 12.6. The van der Waals surface area contributed by atoms with Crippen LogP contribution < -0.4 is 16.0 Å². The Morgan fingerprint density at radius 1 is 0.939 bits per heavy atom. The van der Waals surface area contributed by atoms with E-state index in [2.05, 4.69) is 4.98 Å². The zero-order chi connectivity index (χ0) is 34.8. The van der Waals surface area contributed by atoms with Crippen molar-refractivity contribution in [3.63, 3.8) is 0 Å². The molecule has 2 atom stereocenters. The number of nitrogens with two attached hydrogens (primary N) is 1. The molecule has 3 heterocycles. The Kier molecular flexibility index (Phi) is 9.46. The van der Waals surface area contributed by atoms with E-state index in [-0.39, 0.29) is 80.8 Å². The van der Waals surface area contributed by atoms with Crippen molar-refractivity contribution >= 4 is 17.5 Å². The summed E-state index contributed by atoms with van der Waals surface area (Å²) >= 11 is 0. The summed E-state index contributed by atoms with van der Waals surface area (Å²) < 4.78 is 50.5. The number of nitrogens with zero attached hydrogens (tertiary/aromatic N) is 4. The van der Waals surface area contributed by atoms with Crippen molar-refractivity contribution in [1.82, 2.24) is 19.4 Å². The van der Waals surface area contributed by atoms with Gasteiger partial charge in [0.25, 0.3) is 11.5 Å². The number of alkyl halides is 2. The first-order valence-electron chi connectivity index (χ1n) is 16.0. The van der Waals surface area contributed by atoms with Gasteiger partial charge in [-0.1, -0.05) is 60.7 Å². The molecular weight excluding hydrogens is 639 g/mol. The molecule has 0 spiro atoms. The quantitative estimate of drug-likeness (QED) is 0.281. The van der Waals surface area contributed by atoms with E-state index in [1.54, 1.807) is 11.0 Å². The fraction of sp³-hybridized carbons (Fsp3) is 0.333. The molecular formula is C36H36F3N5O5. The molecule has 3 N–H and O–H groups in total. The molecule has 0 unspecified atom stereocenters. The van der Waals surface area contributed by atoms with Gasteiger partial charge in [0.05, 0.1) is 12.1 Å². The van der Waals surface area contributed by atoms with Crippen molar-refractivity contribution in [3.8, 4) is 11.6 Å². The first-order valence-corrected chi connectivity index (χ1v) is 16.0. The number of halogens is 3. The maximum absolute atomic E-state index is 15.3. The summed E-state index contributed by atoms with van der Waals surface area (Å²) in [4.78, 5) is 47.1. The van der Waals surface area contributed by atoms with E-state index in [1.165, 1.54) is 59.4 Å². The van der Waals surface area contributed by atoms with Crippen LogP contribution in [0.3, 0.4) is 0 Å². The molecule has 0 aliphatic carbocycles. The number of anilines is 1. The number of aromatic nitrogens is 2. The fourth-order valence-electron chi connectivity index (χ4n) is 6.59. The van der Waals surface area contributed by atoms with Crippen molar-refractivity contribution in [2.24, 2.45) is 5.92 Å². The van der Waals surface area contributed by atoms with Crippen molar-refractivity contribution < 1.29 is 32.6 Å². The SMILES string of the molecule is Nc1c(Oc2ccc(F)cc2)ncn(CC2(O)CCN(C(=O)[C@@H]3CCN(C(=O)C(F)(F)c4ccccc4)C[C@H]3c3ccccc3)CC2)c1=O. The zero-order valence-electron chi connectivity index (χ0n) is 26.6. The smallest absolute Gasteiger partial charge is 0.349 e. The average Bonchev–Trinajstić information content (AvgIpc) is 3.12.